The van der Waals surface area contributed by atoms with Gasteiger partial charge >= 0.3 is 0 Å². The number of nitrogens with one attached hydrogen (secondary N) is 1. The number of nitrogens with zero attached hydrogens (tertiary/aromatic N) is 1. The number of anilines is 1. The normalized spacial score (nSPS) is 14.4. The third kappa shape index (κ3) is 7.46. The van der Waals surface area contributed by atoms with Crippen molar-refractivity contribution in [3.05, 3.63) is 95.2 Å². The number of imide groups is 1. The third-order valence-corrected chi connectivity index (χ3v) is 8.41. The maximum Gasteiger partial charge on any atom is 0.294 e. The molecule has 1 aliphatic rings. The van der Waals surface area contributed by atoms with Gasteiger partial charge in [-0.05, 0) is 103 Å². The van der Waals surface area contributed by atoms with E-state index in [1.54, 1.807) is 48.5 Å². The summed E-state index contributed by atoms with van der Waals surface area (Å²) in [6, 6.07) is 16.2. The Kier molecular flexibility index (Phi) is 9.82. The quantitative estimate of drug-likeness (QED) is 0.236. The second-order valence-corrected chi connectivity index (χ2v) is 12.5. The summed E-state index contributed by atoms with van der Waals surface area (Å²) < 4.78 is 7.21. The van der Waals surface area contributed by atoms with Crippen molar-refractivity contribution in [2.24, 2.45) is 0 Å². The van der Waals surface area contributed by atoms with Crippen LogP contribution in [0.2, 0.25) is 10.0 Å². The SMILES string of the molecule is CC(C)c1ccc(NC(=O)CN2C(=O)S/C(=C/c3cc(Br)c(OCc4ccc(Cl)cc4Cl)c(Br)c3)C2=O)cc1. The first-order valence-electron chi connectivity index (χ1n) is 11.7. The minimum atomic E-state index is -0.528. The van der Waals surface area contributed by atoms with E-state index in [1.807, 2.05) is 12.1 Å². The van der Waals surface area contributed by atoms with Crippen molar-refractivity contribution in [3.8, 4) is 5.75 Å². The van der Waals surface area contributed by atoms with Gasteiger partial charge in [-0.25, -0.2) is 0 Å². The molecular formula is C28H22Br2Cl2N2O4S. The molecule has 3 aromatic carbocycles. The van der Waals surface area contributed by atoms with E-state index >= 15 is 0 Å². The van der Waals surface area contributed by atoms with Gasteiger partial charge < -0.3 is 10.1 Å². The van der Waals surface area contributed by atoms with Crippen molar-refractivity contribution in [2.45, 2.75) is 26.4 Å². The first kappa shape index (κ1) is 29.7. The predicted molar refractivity (Wildman–Crippen MR) is 164 cm³/mol. The fourth-order valence-corrected chi connectivity index (χ4v) is 6.42. The van der Waals surface area contributed by atoms with Gasteiger partial charge in [-0.15, -0.1) is 0 Å². The molecular weight excluding hydrogens is 691 g/mol. The molecule has 1 N–H and O–H groups in total. The van der Waals surface area contributed by atoms with Gasteiger partial charge in [0.1, 0.15) is 18.9 Å². The van der Waals surface area contributed by atoms with Gasteiger partial charge in [-0.3, -0.25) is 19.3 Å². The topological polar surface area (TPSA) is 75.7 Å². The minimum Gasteiger partial charge on any atom is -0.486 e. The second-order valence-electron chi connectivity index (χ2n) is 8.93. The molecule has 39 heavy (non-hydrogen) atoms. The lowest BCUT2D eigenvalue weighted by molar-refractivity contribution is -0.127. The Morgan fingerprint density at radius 3 is 2.33 bits per heavy atom. The zero-order chi connectivity index (χ0) is 28.3. The van der Waals surface area contributed by atoms with Crippen LogP contribution in [0.15, 0.2) is 68.4 Å². The van der Waals surface area contributed by atoms with Gasteiger partial charge in [0.05, 0.1) is 13.9 Å². The predicted octanol–water partition coefficient (Wildman–Crippen LogP) is 8.90. The summed E-state index contributed by atoms with van der Waals surface area (Å²) in [5.41, 5.74) is 3.18. The molecule has 6 nitrogen and oxygen atoms in total. The number of hydrogen-bond donors (Lipinski definition) is 1. The molecule has 0 aromatic heterocycles. The number of carbonyl (C=O) groups is 3. The molecule has 0 atom stereocenters. The van der Waals surface area contributed by atoms with Crippen LogP contribution in [-0.4, -0.2) is 28.5 Å². The Hall–Kier alpha value is -2.30. The van der Waals surface area contributed by atoms with E-state index in [1.165, 1.54) is 0 Å². The third-order valence-electron chi connectivity index (χ3n) is 5.74. The maximum atomic E-state index is 12.9. The lowest BCUT2D eigenvalue weighted by Gasteiger charge is -2.13. The molecule has 4 rings (SSSR count). The highest BCUT2D eigenvalue weighted by Gasteiger charge is 2.36. The average Bonchev–Trinajstić information content (AvgIpc) is 3.12. The van der Waals surface area contributed by atoms with Crippen LogP contribution in [0.3, 0.4) is 0 Å². The van der Waals surface area contributed by atoms with Crippen molar-refractivity contribution >= 4 is 95.6 Å². The van der Waals surface area contributed by atoms with Crippen LogP contribution >= 0.6 is 66.8 Å². The van der Waals surface area contributed by atoms with E-state index < -0.39 is 17.1 Å². The highest BCUT2D eigenvalue weighted by atomic mass is 79.9. The molecule has 0 aliphatic carbocycles. The molecule has 1 saturated heterocycles. The first-order valence-corrected chi connectivity index (χ1v) is 14.9. The molecule has 1 aliphatic heterocycles. The lowest BCUT2D eigenvalue weighted by Crippen LogP contribution is -2.36. The Balaban J connectivity index is 1.42. The number of hydrogen-bond acceptors (Lipinski definition) is 5. The number of carbonyl (C=O) groups excluding carboxylic acids is 3. The summed E-state index contributed by atoms with van der Waals surface area (Å²) >= 11 is 20.0. The van der Waals surface area contributed by atoms with Crippen molar-refractivity contribution in [3.63, 3.8) is 0 Å². The van der Waals surface area contributed by atoms with E-state index in [2.05, 4.69) is 51.0 Å². The Labute approximate surface area is 257 Å². The molecule has 0 spiro atoms. The van der Waals surface area contributed by atoms with E-state index in [0.717, 1.165) is 27.8 Å². The highest BCUT2D eigenvalue weighted by Crippen LogP contribution is 2.38. The molecule has 0 unspecified atom stereocenters. The van der Waals surface area contributed by atoms with Gasteiger partial charge in [-0.2, -0.15) is 0 Å². The van der Waals surface area contributed by atoms with Crippen LogP contribution in [0.4, 0.5) is 10.5 Å². The van der Waals surface area contributed by atoms with Gasteiger partial charge in [0.15, 0.2) is 0 Å². The van der Waals surface area contributed by atoms with Crippen LogP contribution in [-0.2, 0) is 16.2 Å². The highest BCUT2D eigenvalue weighted by molar-refractivity contribution is 9.11. The Bertz CT molecular complexity index is 1460. The smallest absolute Gasteiger partial charge is 0.294 e. The molecule has 3 amide bonds. The number of ether oxygens (including phenoxy) is 1. The van der Waals surface area contributed by atoms with Crippen molar-refractivity contribution in [2.75, 3.05) is 11.9 Å². The largest absolute Gasteiger partial charge is 0.486 e. The fourth-order valence-electron chi connectivity index (χ4n) is 3.67. The molecule has 1 heterocycles. The molecule has 0 bridgehead atoms. The van der Waals surface area contributed by atoms with Gasteiger partial charge in [0.25, 0.3) is 11.1 Å². The molecule has 11 heteroatoms. The van der Waals surface area contributed by atoms with Crippen LogP contribution < -0.4 is 10.1 Å². The first-order chi connectivity index (χ1) is 18.5. The summed E-state index contributed by atoms with van der Waals surface area (Å²) in [4.78, 5) is 39.2. The summed E-state index contributed by atoms with van der Waals surface area (Å²) in [7, 11) is 0. The van der Waals surface area contributed by atoms with E-state index in [0.29, 0.717) is 41.9 Å². The summed E-state index contributed by atoms with van der Waals surface area (Å²) in [5.74, 6) is -0.0662. The van der Waals surface area contributed by atoms with E-state index in [-0.39, 0.29) is 18.1 Å². The van der Waals surface area contributed by atoms with E-state index in [4.69, 9.17) is 27.9 Å². The van der Waals surface area contributed by atoms with Crippen LogP contribution in [0, 0.1) is 0 Å². The zero-order valence-corrected chi connectivity index (χ0v) is 26.3. The second kappa shape index (κ2) is 12.9. The van der Waals surface area contributed by atoms with Crippen LogP contribution in [0.25, 0.3) is 6.08 Å². The Morgan fingerprint density at radius 2 is 1.72 bits per heavy atom. The molecule has 0 radical (unpaired) electrons. The number of halogens is 4. The number of amides is 3. The van der Waals surface area contributed by atoms with Crippen molar-refractivity contribution < 1.29 is 19.1 Å². The van der Waals surface area contributed by atoms with Gasteiger partial charge in [0, 0.05) is 21.3 Å². The number of benzene rings is 3. The summed E-state index contributed by atoms with van der Waals surface area (Å²) in [5, 5.41) is 3.27. The molecule has 202 valence electrons. The minimum absolute atomic E-state index is 0.217. The van der Waals surface area contributed by atoms with Crippen molar-refractivity contribution in [1.29, 1.82) is 0 Å². The Morgan fingerprint density at radius 1 is 1.05 bits per heavy atom. The monoisotopic (exact) mass is 710 g/mol. The average molecular weight is 713 g/mol. The lowest BCUT2D eigenvalue weighted by atomic mass is 10.0. The standard InChI is InChI=1S/C28H22Br2Cl2N2O4S/c1-15(2)17-4-7-20(8-5-17)33-25(35)13-34-27(36)24(39-28(34)37)11-16-9-21(29)26(22(30)10-16)38-14-18-3-6-19(31)12-23(18)32/h3-12,15H,13-14H2,1-2H3,(H,33,35)/b24-11+. The number of thioether (sulfide) groups is 1. The summed E-state index contributed by atoms with van der Waals surface area (Å²) in [6.07, 6.45) is 1.60. The van der Waals surface area contributed by atoms with Crippen LogP contribution in [0.5, 0.6) is 5.75 Å². The van der Waals surface area contributed by atoms with Crippen molar-refractivity contribution in [1.82, 2.24) is 4.90 Å². The molecule has 0 saturated carbocycles. The maximum absolute atomic E-state index is 12.9. The van der Waals surface area contributed by atoms with Gasteiger partial charge in [-0.1, -0.05) is 55.2 Å². The summed E-state index contributed by atoms with van der Waals surface area (Å²) in [6.45, 7) is 4.01. The molecule has 3 aromatic rings. The fraction of sp³-hybridized carbons (Fsp3) is 0.179. The van der Waals surface area contributed by atoms with E-state index in [9.17, 15) is 14.4 Å². The number of rotatable bonds is 8. The van der Waals surface area contributed by atoms with Crippen LogP contribution in [0.1, 0.15) is 36.5 Å². The molecule has 1 fully saturated rings. The van der Waals surface area contributed by atoms with Gasteiger partial charge in [0.2, 0.25) is 5.91 Å². The zero-order valence-electron chi connectivity index (χ0n) is 20.8.